The number of nitrogens with one attached hydrogen (secondary N) is 2. The number of amides is 1. The van der Waals surface area contributed by atoms with Crippen LogP contribution in [0.15, 0.2) is 24.3 Å². The lowest BCUT2D eigenvalue weighted by atomic mass is 10.3. The molecule has 17 heavy (non-hydrogen) atoms. The molecule has 92 valence electrons. The molecule has 2 N–H and O–H groups in total. The number of rotatable bonds is 4. The van der Waals surface area contributed by atoms with Gasteiger partial charge in [0.1, 0.15) is 5.82 Å². The number of para-hydroxylation sites is 1. The molecule has 0 bridgehead atoms. The van der Waals surface area contributed by atoms with Crippen molar-refractivity contribution in [2.45, 2.75) is 12.8 Å². The first-order valence-corrected chi connectivity index (χ1v) is 5.99. The van der Waals surface area contributed by atoms with Crippen molar-refractivity contribution in [3.63, 3.8) is 0 Å². The summed E-state index contributed by atoms with van der Waals surface area (Å²) in [5.74, 6) is -0.245. The predicted octanol–water partition coefficient (Wildman–Crippen LogP) is 2.66. The zero-order valence-corrected chi connectivity index (χ0v) is 10.6. The highest BCUT2D eigenvalue weighted by molar-refractivity contribution is 7.80. The second-order valence-electron chi connectivity index (χ2n) is 3.27. The third-order valence-electron chi connectivity index (χ3n) is 1.91. The fourth-order valence-corrected chi connectivity index (χ4v) is 1.49. The molecule has 6 heteroatoms. The van der Waals surface area contributed by atoms with Crippen LogP contribution in [0.3, 0.4) is 0 Å². The first kappa shape index (κ1) is 13.9. The van der Waals surface area contributed by atoms with Crippen molar-refractivity contribution in [2.24, 2.45) is 0 Å². The van der Waals surface area contributed by atoms with Gasteiger partial charge in [0, 0.05) is 12.3 Å². The second kappa shape index (κ2) is 7.19. The summed E-state index contributed by atoms with van der Waals surface area (Å²) in [7, 11) is 0. The van der Waals surface area contributed by atoms with Gasteiger partial charge in [0.25, 0.3) is 0 Å². The van der Waals surface area contributed by atoms with Crippen molar-refractivity contribution in [3.05, 3.63) is 30.1 Å². The van der Waals surface area contributed by atoms with Gasteiger partial charge in [-0.15, -0.1) is 11.6 Å². The van der Waals surface area contributed by atoms with Crippen molar-refractivity contribution in [1.82, 2.24) is 5.32 Å². The van der Waals surface area contributed by atoms with Gasteiger partial charge < -0.3 is 10.6 Å². The van der Waals surface area contributed by atoms with Crippen LogP contribution in [0.1, 0.15) is 12.8 Å². The molecule has 0 saturated heterocycles. The minimum Gasteiger partial charge on any atom is -0.330 e. The molecule has 0 spiro atoms. The maximum absolute atomic E-state index is 13.2. The summed E-state index contributed by atoms with van der Waals surface area (Å²) in [5.41, 5.74) is 0.232. The van der Waals surface area contributed by atoms with Crippen LogP contribution in [0, 0.1) is 5.82 Å². The Morgan fingerprint density at radius 3 is 2.76 bits per heavy atom. The van der Waals surface area contributed by atoms with E-state index in [1.807, 2.05) is 0 Å². The summed E-state index contributed by atoms with van der Waals surface area (Å²) in [4.78, 5) is 11.3. The number of anilines is 1. The number of hydrogen-bond acceptors (Lipinski definition) is 2. The molecule has 0 atom stereocenters. The molecular weight excluding hydrogens is 263 g/mol. The smallest absolute Gasteiger partial charge is 0.226 e. The number of alkyl halides is 1. The maximum Gasteiger partial charge on any atom is 0.226 e. The van der Waals surface area contributed by atoms with E-state index >= 15 is 0 Å². The minimum atomic E-state index is -0.426. The summed E-state index contributed by atoms with van der Waals surface area (Å²) in [5, 5.41) is 5.13. The van der Waals surface area contributed by atoms with Gasteiger partial charge in [-0.25, -0.2) is 4.39 Å². The third-order valence-corrected chi connectivity index (χ3v) is 2.38. The van der Waals surface area contributed by atoms with Gasteiger partial charge in [0.2, 0.25) is 5.91 Å². The van der Waals surface area contributed by atoms with E-state index in [0.29, 0.717) is 18.7 Å². The van der Waals surface area contributed by atoms with Crippen LogP contribution in [-0.4, -0.2) is 16.9 Å². The molecule has 0 fully saturated rings. The Morgan fingerprint density at radius 1 is 1.41 bits per heavy atom. The highest BCUT2D eigenvalue weighted by atomic mass is 35.5. The van der Waals surface area contributed by atoms with Gasteiger partial charge in [-0.1, -0.05) is 12.1 Å². The monoisotopic (exact) mass is 274 g/mol. The largest absolute Gasteiger partial charge is 0.330 e. The van der Waals surface area contributed by atoms with Gasteiger partial charge >= 0.3 is 0 Å². The average molecular weight is 275 g/mol. The molecular formula is C11H12ClFN2OS. The van der Waals surface area contributed by atoms with E-state index in [-0.39, 0.29) is 16.7 Å². The maximum atomic E-state index is 13.2. The standard InChI is InChI=1S/C11H12ClFN2OS/c12-7-3-6-10(16)15-11(17)14-9-5-2-1-4-8(9)13/h1-2,4-5H,3,6-7H2,(H2,14,15,16,17). The number of carbonyl (C=O) groups is 1. The number of benzene rings is 1. The highest BCUT2D eigenvalue weighted by Crippen LogP contribution is 2.11. The number of thiocarbonyl (C=S) groups is 1. The van der Waals surface area contributed by atoms with Crippen LogP contribution >= 0.6 is 23.8 Å². The zero-order valence-electron chi connectivity index (χ0n) is 9.00. The molecule has 0 radical (unpaired) electrons. The molecule has 0 aliphatic heterocycles. The van der Waals surface area contributed by atoms with E-state index in [1.54, 1.807) is 12.1 Å². The molecule has 0 aromatic heterocycles. The summed E-state index contributed by atoms with van der Waals surface area (Å²) < 4.78 is 13.2. The molecule has 0 unspecified atom stereocenters. The Morgan fingerprint density at radius 2 is 2.12 bits per heavy atom. The van der Waals surface area contributed by atoms with Crippen molar-refractivity contribution in [2.75, 3.05) is 11.2 Å². The highest BCUT2D eigenvalue weighted by Gasteiger charge is 2.06. The van der Waals surface area contributed by atoms with Crippen molar-refractivity contribution >= 4 is 40.5 Å². The van der Waals surface area contributed by atoms with Crippen LogP contribution in [0.5, 0.6) is 0 Å². The Bertz CT molecular complexity index is 414. The van der Waals surface area contributed by atoms with Gasteiger partial charge in [-0.3, -0.25) is 4.79 Å². The van der Waals surface area contributed by atoms with Gasteiger partial charge in [0.15, 0.2) is 5.11 Å². The molecule has 1 amide bonds. The molecule has 1 aromatic carbocycles. The zero-order chi connectivity index (χ0) is 12.7. The van der Waals surface area contributed by atoms with Gasteiger partial charge in [-0.2, -0.15) is 0 Å². The molecule has 1 rings (SSSR count). The Balaban J connectivity index is 2.45. The SMILES string of the molecule is O=C(CCCCl)NC(=S)Nc1ccccc1F. The van der Waals surface area contributed by atoms with Crippen molar-refractivity contribution < 1.29 is 9.18 Å². The summed E-state index contributed by atoms with van der Waals surface area (Å²) >= 11 is 10.3. The van der Waals surface area contributed by atoms with Crippen molar-refractivity contribution in [1.29, 1.82) is 0 Å². The lowest BCUT2D eigenvalue weighted by Crippen LogP contribution is -2.34. The molecule has 0 aliphatic rings. The summed E-state index contributed by atoms with van der Waals surface area (Å²) in [6.07, 6.45) is 0.873. The fraction of sp³-hybridized carbons (Fsp3) is 0.273. The second-order valence-corrected chi connectivity index (χ2v) is 4.06. The summed E-state index contributed by atoms with van der Waals surface area (Å²) in [6.45, 7) is 0. The predicted molar refractivity (Wildman–Crippen MR) is 70.7 cm³/mol. The Hall–Kier alpha value is -1.20. The normalized spacial score (nSPS) is 9.76. The Kier molecular flexibility index (Phi) is 5.86. The molecule has 0 saturated carbocycles. The van der Waals surface area contributed by atoms with Crippen LogP contribution in [-0.2, 0) is 4.79 Å². The molecule has 1 aromatic rings. The molecule has 0 heterocycles. The Labute approximate surface area is 109 Å². The summed E-state index contributed by atoms with van der Waals surface area (Å²) in [6, 6.07) is 6.08. The van der Waals surface area contributed by atoms with E-state index in [0.717, 1.165) is 0 Å². The van der Waals surface area contributed by atoms with E-state index in [9.17, 15) is 9.18 Å². The quantitative estimate of drug-likeness (QED) is 0.655. The van der Waals surface area contributed by atoms with Crippen LogP contribution < -0.4 is 10.6 Å². The third kappa shape index (κ3) is 5.10. The molecule has 0 aliphatic carbocycles. The number of hydrogen-bond donors (Lipinski definition) is 2. The number of halogens is 2. The minimum absolute atomic E-state index is 0.0784. The van der Waals surface area contributed by atoms with Crippen LogP contribution in [0.25, 0.3) is 0 Å². The van der Waals surface area contributed by atoms with Gasteiger partial charge in [-0.05, 0) is 30.8 Å². The topological polar surface area (TPSA) is 41.1 Å². The van der Waals surface area contributed by atoms with E-state index < -0.39 is 5.82 Å². The van der Waals surface area contributed by atoms with Crippen LogP contribution in [0.4, 0.5) is 10.1 Å². The van der Waals surface area contributed by atoms with E-state index in [1.165, 1.54) is 12.1 Å². The first-order chi connectivity index (χ1) is 8.13. The van der Waals surface area contributed by atoms with E-state index in [4.69, 9.17) is 23.8 Å². The lowest BCUT2D eigenvalue weighted by Gasteiger charge is -2.09. The van der Waals surface area contributed by atoms with Crippen molar-refractivity contribution in [3.8, 4) is 0 Å². The lowest BCUT2D eigenvalue weighted by molar-refractivity contribution is -0.119. The first-order valence-electron chi connectivity index (χ1n) is 5.05. The van der Waals surface area contributed by atoms with E-state index in [2.05, 4.69) is 10.6 Å². The number of carbonyl (C=O) groups excluding carboxylic acids is 1. The van der Waals surface area contributed by atoms with Crippen LogP contribution in [0.2, 0.25) is 0 Å². The fourth-order valence-electron chi connectivity index (χ4n) is 1.13. The average Bonchev–Trinajstić information content (AvgIpc) is 2.29. The molecule has 3 nitrogen and oxygen atoms in total. The van der Waals surface area contributed by atoms with Gasteiger partial charge in [0.05, 0.1) is 5.69 Å².